The number of primary amides is 1. The molecule has 1 saturated heterocycles. The monoisotopic (exact) mass is 309 g/mol. The molecule has 0 unspecified atom stereocenters. The Balaban J connectivity index is 1.99. The molecule has 3 N–H and O–H groups in total. The van der Waals surface area contributed by atoms with Crippen LogP contribution in [0.1, 0.15) is 18.4 Å². The molecule has 2 rings (SSSR count). The summed E-state index contributed by atoms with van der Waals surface area (Å²) in [5.41, 5.74) is 5.70. The Labute approximate surface area is 128 Å². The van der Waals surface area contributed by atoms with Gasteiger partial charge in [-0.05, 0) is 30.5 Å². The van der Waals surface area contributed by atoms with Crippen LogP contribution in [-0.2, 0) is 16.1 Å². The summed E-state index contributed by atoms with van der Waals surface area (Å²) in [6.07, 6.45) is 1.97. The van der Waals surface area contributed by atoms with Crippen molar-refractivity contribution in [3.8, 4) is 0 Å². The summed E-state index contributed by atoms with van der Waals surface area (Å²) in [6, 6.07) is 5.32. The van der Waals surface area contributed by atoms with Crippen LogP contribution in [0.5, 0.6) is 0 Å². The van der Waals surface area contributed by atoms with Crippen LogP contribution < -0.4 is 11.1 Å². The first kappa shape index (κ1) is 16.4. The van der Waals surface area contributed by atoms with Crippen molar-refractivity contribution in [3.63, 3.8) is 0 Å². The summed E-state index contributed by atoms with van der Waals surface area (Å²) in [5, 5.41) is 2.04. The lowest BCUT2D eigenvalue weighted by molar-refractivity contribution is -0.121. The van der Waals surface area contributed by atoms with Crippen LogP contribution in [-0.4, -0.2) is 42.6 Å². The van der Waals surface area contributed by atoms with E-state index in [4.69, 9.17) is 10.5 Å². The van der Waals surface area contributed by atoms with Gasteiger partial charge in [0.25, 0.3) is 0 Å². The Morgan fingerprint density at radius 3 is 2.91 bits per heavy atom. The Kier molecular flexibility index (Phi) is 5.85. The number of nitrogens with two attached hydrogens (primary N) is 1. The number of urea groups is 1. The molecule has 1 aromatic carbocycles. The smallest absolute Gasteiger partial charge is 0.318 e. The maximum atomic E-state index is 13.3. The van der Waals surface area contributed by atoms with Crippen molar-refractivity contribution in [1.29, 1.82) is 0 Å². The Morgan fingerprint density at radius 2 is 2.27 bits per heavy atom. The van der Waals surface area contributed by atoms with E-state index >= 15 is 0 Å². The fraction of sp³-hybridized carbons (Fsp3) is 0.467. The lowest BCUT2D eigenvalue weighted by Gasteiger charge is -2.24. The molecule has 0 aliphatic carbocycles. The van der Waals surface area contributed by atoms with Crippen LogP contribution in [0, 0.1) is 5.82 Å². The number of rotatable bonds is 6. The van der Waals surface area contributed by atoms with Gasteiger partial charge in [-0.2, -0.15) is 0 Å². The predicted molar refractivity (Wildman–Crippen MR) is 78.4 cm³/mol. The zero-order valence-electron chi connectivity index (χ0n) is 12.3. The number of amides is 3. The molecule has 0 spiro atoms. The third-order valence-electron chi connectivity index (χ3n) is 3.41. The first-order chi connectivity index (χ1) is 10.5. The Hall–Kier alpha value is -1.99. The highest BCUT2D eigenvalue weighted by atomic mass is 19.1. The fourth-order valence-corrected chi connectivity index (χ4v) is 2.53. The number of carbonyl (C=O) groups is 2. The first-order valence-corrected chi connectivity index (χ1v) is 7.20. The first-order valence-electron chi connectivity index (χ1n) is 7.20. The SMILES string of the molecule is NC(=O)NC(=O)CN(Cc1cccc(F)c1)C[C@@H]1CCCO1. The second-order valence-corrected chi connectivity index (χ2v) is 5.35. The molecule has 1 aliphatic heterocycles. The molecule has 1 atom stereocenters. The minimum absolute atomic E-state index is 0.000681. The second-order valence-electron chi connectivity index (χ2n) is 5.35. The van der Waals surface area contributed by atoms with Gasteiger partial charge in [-0.1, -0.05) is 12.1 Å². The maximum absolute atomic E-state index is 13.3. The van der Waals surface area contributed by atoms with Crippen LogP contribution in [0.3, 0.4) is 0 Å². The third kappa shape index (κ3) is 5.42. The van der Waals surface area contributed by atoms with Gasteiger partial charge in [-0.25, -0.2) is 9.18 Å². The lowest BCUT2D eigenvalue weighted by Crippen LogP contribution is -2.44. The molecule has 0 radical (unpaired) electrons. The molecule has 1 heterocycles. The number of hydrogen-bond donors (Lipinski definition) is 2. The van der Waals surface area contributed by atoms with Crippen molar-refractivity contribution in [2.75, 3.05) is 19.7 Å². The average Bonchev–Trinajstić information content (AvgIpc) is 2.90. The molecule has 0 bridgehead atoms. The molecule has 7 heteroatoms. The number of carbonyl (C=O) groups excluding carboxylic acids is 2. The maximum Gasteiger partial charge on any atom is 0.318 e. The molecule has 120 valence electrons. The molecular formula is C15H20FN3O3. The van der Waals surface area contributed by atoms with Crippen LogP contribution in [0.15, 0.2) is 24.3 Å². The van der Waals surface area contributed by atoms with E-state index in [0.717, 1.165) is 18.4 Å². The van der Waals surface area contributed by atoms with Gasteiger partial charge in [0.2, 0.25) is 5.91 Å². The molecule has 1 aromatic rings. The normalized spacial score (nSPS) is 17.6. The summed E-state index contributed by atoms with van der Waals surface area (Å²) in [5.74, 6) is -0.807. The minimum Gasteiger partial charge on any atom is -0.377 e. The van der Waals surface area contributed by atoms with Crippen molar-refractivity contribution < 1.29 is 18.7 Å². The second kappa shape index (κ2) is 7.86. The molecule has 22 heavy (non-hydrogen) atoms. The van der Waals surface area contributed by atoms with Crippen LogP contribution in [0.25, 0.3) is 0 Å². The van der Waals surface area contributed by atoms with Gasteiger partial charge in [-0.15, -0.1) is 0 Å². The van der Waals surface area contributed by atoms with E-state index < -0.39 is 11.9 Å². The van der Waals surface area contributed by atoms with E-state index in [1.807, 2.05) is 10.2 Å². The highest BCUT2D eigenvalue weighted by Crippen LogP contribution is 2.15. The summed E-state index contributed by atoms with van der Waals surface area (Å²) in [6.45, 7) is 1.65. The topological polar surface area (TPSA) is 84.7 Å². The molecular weight excluding hydrogens is 289 g/mol. The molecule has 0 aromatic heterocycles. The number of nitrogens with zero attached hydrogens (tertiary/aromatic N) is 1. The van der Waals surface area contributed by atoms with Gasteiger partial charge in [0.1, 0.15) is 5.82 Å². The fourth-order valence-electron chi connectivity index (χ4n) is 2.53. The van der Waals surface area contributed by atoms with E-state index in [1.165, 1.54) is 12.1 Å². The summed E-state index contributed by atoms with van der Waals surface area (Å²) < 4.78 is 18.8. The van der Waals surface area contributed by atoms with Crippen LogP contribution in [0.4, 0.5) is 9.18 Å². The van der Waals surface area contributed by atoms with E-state index in [9.17, 15) is 14.0 Å². The average molecular weight is 309 g/mol. The number of halogens is 1. The van der Waals surface area contributed by atoms with Crippen molar-refractivity contribution in [2.45, 2.75) is 25.5 Å². The Bertz CT molecular complexity index is 533. The van der Waals surface area contributed by atoms with E-state index in [0.29, 0.717) is 19.7 Å². The largest absolute Gasteiger partial charge is 0.377 e. The van der Waals surface area contributed by atoms with Crippen molar-refractivity contribution in [2.24, 2.45) is 5.73 Å². The van der Waals surface area contributed by atoms with E-state index in [1.54, 1.807) is 12.1 Å². The van der Waals surface area contributed by atoms with E-state index in [-0.39, 0.29) is 18.5 Å². The highest BCUT2D eigenvalue weighted by Gasteiger charge is 2.21. The summed E-state index contributed by atoms with van der Waals surface area (Å²) in [4.78, 5) is 24.3. The molecule has 3 amide bonds. The summed E-state index contributed by atoms with van der Waals surface area (Å²) in [7, 11) is 0. The van der Waals surface area contributed by atoms with Gasteiger partial charge >= 0.3 is 6.03 Å². The zero-order valence-corrected chi connectivity index (χ0v) is 12.3. The standard InChI is InChI=1S/C15H20FN3O3/c16-12-4-1-3-11(7-12)8-19(9-13-5-2-6-22-13)10-14(20)18-15(17)21/h1,3-4,7,13H,2,5-6,8-10H2,(H3,17,18,20,21)/t13-/m0/s1. The molecule has 1 fully saturated rings. The van der Waals surface area contributed by atoms with Gasteiger partial charge in [0.15, 0.2) is 0 Å². The number of ether oxygens (including phenoxy) is 1. The molecule has 0 saturated carbocycles. The molecule has 6 nitrogen and oxygen atoms in total. The number of benzene rings is 1. The highest BCUT2D eigenvalue weighted by molar-refractivity contribution is 5.94. The van der Waals surface area contributed by atoms with Crippen LogP contribution >= 0.6 is 0 Å². The van der Waals surface area contributed by atoms with Crippen molar-refractivity contribution in [3.05, 3.63) is 35.6 Å². The van der Waals surface area contributed by atoms with Gasteiger partial charge in [0.05, 0.1) is 12.6 Å². The van der Waals surface area contributed by atoms with Crippen molar-refractivity contribution in [1.82, 2.24) is 10.2 Å². The number of imide groups is 1. The number of nitrogens with one attached hydrogen (secondary N) is 1. The van der Waals surface area contributed by atoms with E-state index in [2.05, 4.69) is 0 Å². The third-order valence-corrected chi connectivity index (χ3v) is 3.41. The minimum atomic E-state index is -0.882. The summed E-state index contributed by atoms with van der Waals surface area (Å²) >= 11 is 0. The Morgan fingerprint density at radius 1 is 1.45 bits per heavy atom. The quantitative estimate of drug-likeness (QED) is 0.821. The van der Waals surface area contributed by atoms with Gasteiger partial charge in [-0.3, -0.25) is 15.0 Å². The molecule has 1 aliphatic rings. The lowest BCUT2D eigenvalue weighted by atomic mass is 10.1. The number of hydrogen-bond acceptors (Lipinski definition) is 4. The van der Waals surface area contributed by atoms with Crippen molar-refractivity contribution >= 4 is 11.9 Å². The van der Waals surface area contributed by atoms with Gasteiger partial charge in [0, 0.05) is 19.7 Å². The van der Waals surface area contributed by atoms with Crippen LogP contribution in [0.2, 0.25) is 0 Å². The predicted octanol–water partition coefficient (Wildman–Crippen LogP) is 1.00. The van der Waals surface area contributed by atoms with Gasteiger partial charge < -0.3 is 10.5 Å². The zero-order chi connectivity index (χ0) is 15.9.